The number of carbonyl (C=O) groups excluding carboxylic acids is 1. The van der Waals surface area contributed by atoms with E-state index in [1.165, 1.54) is 57.7 Å². The second-order valence-corrected chi connectivity index (χ2v) is 8.90. The number of hydrogen-bond acceptors (Lipinski definition) is 6. The largest absolute Gasteiger partial charge is 0.495 e. The van der Waals surface area contributed by atoms with Gasteiger partial charge in [0.15, 0.2) is 11.5 Å². The van der Waals surface area contributed by atoms with Gasteiger partial charge < -0.3 is 19.5 Å². The summed E-state index contributed by atoms with van der Waals surface area (Å²) < 4.78 is 57.8. The number of methoxy groups -OCH3 is 3. The van der Waals surface area contributed by atoms with Gasteiger partial charge in [-0.25, -0.2) is 17.5 Å². The molecule has 0 saturated carbocycles. The highest BCUT2D eigenvalue weighted by Crippen LogP contribution is 2.29. The Labute approximate surface area is 197 Å². The van der Waals surface area contributed by atoms with Crippen LogP contribution in [0.5, 0.6) is 17.2 Å². The quantitative estimate of drug-likeness (QED) is 0.452. The molecule has 2 N–H and O–H groups in total. The summed E-state index contributed by atoms with van der Waals surface area (Å²) in [5, 5.41) is 2.51. The van der Waals surface area contributed by atoms with E-state index in [0.717, 1.165) is 11.6 Å². The standard InChI is InChI=1S/C24H25FN2O6S/c1-31-21-11-9-17(15-20(21)27-24(28)18-6-4-5-7-19(18)25)34(29,30)26-13-12-16-8-10-22(32-2)23(14-16)33-3/h4-11,14-15,26H,12-13H2,1-3H3,(H,27,28). The van der Waals surface area contributed by atoms with Crippen molar-refractivity contribution in [1.29, 1.82) is 0 Å². The molecular weight excluding hydrogens is 463 g/mol. The van der Waals surface area contributed by atoms with Crippen molar-refractivity contribution in [2.45, 2.75) is 11.3 Å². The zero-order valence-electron chi connectivity index (χ0n) is 18.9. The fourth-order valence-corrected chi connectivity index (χ4v) is 4.29. The number of benzene rings is 3. The molecule has 0 bridgehead atoms. The normalized spacial score (nSPS) is 11.1. The number of ether oxygens (including phenoxy) is 3. The summed E-state index contributed by atoms with van der Waals surface area (Å²) in [7, 11) is 0.536. The van der Waals surface area contributed by atoms with Crippen LogP contribution in [0.4, 0.5) is 10.1 Å². The van der Waals surface area contributed by atoms with Crippen LogP contribution >= 0.6 is 0 Å². The molecule has 0 spiro atoms. The molecule has 0 heterocycles. The fraction of sp³-hybridized carbons (Fsp3) is 0.208. The first kappa shape index (κ1) is 25.0. The Hall–Kier alpha value is -3.63. The van der Waals surface area contributed by atoms with Crippen molar-refractivity contribution in [3.05, 3.63) is 77.6 Å². The number of amides is 1. The van der Waals surface area contributed by atoms with Crippen molar-refractivity contribution < 1.29 is 31.8 Å². The maximum absolute atomic E-state index is 14.0. The Morgan fingerprint density at radius 3 is 2.24 bits per heavy atom. The van der Waals surface area contributed by atoms with E-state index in [1.54, 1.807) is 12.1 Å². The van der Waals surface area contributed by atoms with Gasteiger partial charge in [-0.3, -0.25) is 4.79 Å². The second-order valence-electron chi connectivity index (χ2n) is 7.13. The van der Waals surface area contributed by atoms with E-state index in [2.05, 4.69) is 10.0 Å². The summed E-state index contributed by atoms with van der Waals surface area (Å²) in [6, 6.07) is 14.9. The molecule has 1 amide bonds. The lowest BCUT2D eigenvalue weighted by atomic mass is 10.1. The van der Waals surface area contributed by atoms with Gasteiger partial charge in [-0.15, -0.1) is 0 Å². The Morgan fingerprint density at radius 1 is 0.882 bits per heavy atom. The van der Waals surface area contributed by atoms with Gasteiger partial charge in [0.25, 0.3) is 5.91 Å². The SMILES string of the molecule is COc1ccc(S(=O)(=O)NCCc2ccc(OC)c(OC)c2)cc1NC(=O)c1ccccc1F. The second kappa shape index (κ2) is 11.0. The molecule has 3 aromatic rings. The number of rotatable bonds is 10. The minimum absolute atomic E-state index is 0.0792. The molecule has 180 valence electrons. The van der Waals surface area contributed by atoms with Crippen LogP contribution in [0.25, 0.3) is 0 Å². The van der Waals surface area contributed by atoms with Crippen LogP contribution in [0.2, 0.25) is 0 Å². The summed E-state index contributed by atoms with van der Waals surface area (Å²) in [5.74, 6) is -0.0656. The van der Waals surface area contributed by atoms with Crippen LogP contribution in [0, 0.1) is 5.82 Å². The summed E-state index contributed by atoms with van der Waals surface area (Å²) in [5.41, 5.74) is 0.775. The number of halogens is 1. The molecule has 3 rings (SSSR count). The lowest BCUT2D eigenvalue weighted by molar-refractivity contribution is 0.102. The molecule has 3 aromatic carbocycles. The minimum atomic E-state index is -3.90. The van der Waals surface area contributed by atoms with E-state index in [9.17, 15) is 17.6 Å². The van der Waals surface area contributed by atoms with E-state index in [4.69, 9.17) is 14.2 Å². The molecule has 0 aromatic heterocycles. The van der Waals surface area contributed by atoms with Crippen molar-refractivity contribution in [3.8, 4) is 17.2 Å². The van der Waals surface area contributed by atoms with Crippen molar-refractivity contribution in [3.63, 3.8) is 0 Å². The number of hydrogen-bond donors (Lipinski definition) is 2. The number of sulfonamides is 1. The molecular formula is C24H25FN2O6S. The highest BCUT2D eigenvalue weighted by molar-refractivity contribution is 7.89. The molecule has 8 nitrogen and oxygen atoms in total. The molecule has 0 unspecified atom stereocenters. The minimum Gasteiger partial charge on any atom is -0.495 e. The Kier molecular flexibility index (Phi) is 8.08. The van der Waals surface area contributed by atoms with Gasteiger partial charge in [-0.1, -0.05) is 18.2 Å². The lowest BCUT2D eigenvalue weighted by Crippen LogP contribution is -2.26. The van der Waals surface area contributed by atoms with Gasteiger partial charge in [0, 0.05) is 6.54 Å². The first-order valence-corrected chi connectivity index (χ1v) is 11.7. The van der Waals surface area contributed by atoms with Crippen LogP contribution in [0.15, 0.2) is 65.6 Å². The number of anilines is 1. The van der Waals surface area contributed by atoms with Gasteiger partial charge in [0.2, 0.25) is 10.0 Å². The van der Waals surface area contributed by atoms with Gasteiger partial charge in [-0.2, -0.15) is 0 Å². The Balaban J connectivity index is 1.74. The van der Waals surface area contributed by atoms with E-state index >= 15 is 0 Å². The third kappa shape index (κ3) is 5.83. The predicted molar refractivity (Wildman–Crippen MR) is 126 cm³/mol. The highest BCUT2D eigenvalue weighted by atomic mass is 32.2. The van der Waals surface area contributed by atoms with Crippen LogP contribution in [-0.2, 0) is 16.4 Å². The van der Waals surface area contributed by atoms with E-state index in [0.29, 0.717) is 17.9 Å². The summed E-state index contributed by atoms with van der Waals surface area (Å²) in [6.07, 6.45) is 0.409. The molecule has 0 aliphatic carbocycles. The molecule has 34 heavy (non-hydrogen) atoms. The van der Waals surface area contributed by atoms with Crippen molar-refractivity contribution >= 4 is 21.6 Å². The maximum Gasteiger partial charge on any atom is 0.258 e. The molecule has 0 atom stereocenters. The number of carbonyl (C=O) groups is 1. The number of nitrogens with one attached hydrogen (secondary N) is 2. The van der Waals surface area contributed by atoms with Crippen molar-refractivity contribution in [2.75, 3.05) is 33.2 Å². The average Bonchev–Trinajstić information content (AvgIpc) is 2.84. The van der Waals surface area contributed by atoms with E-state index < -0.39 is 21.7 Å². The summed E-state index contributed by atoms with van der Waals surface area (Å²) >= 11 is 0. The van der Waals surface area contributed by atoms with Crippen LogP contribution < -0.4 is 24.2 Å². The van der Waals surface area contributed by atoms with Crippen LogP contribution in [0.3, 0.4) is 0 Å². The van der Waals surface area contributed by atoms with Crippen molar-refractivity contribution in [2.24, 2.45) is 0 Å². The van der Waals surface area contributed by atoms with Gasteiger partial charge in [0.1, 0.15) is 11.6 Å². The average molecular weight is 489 g/mol. The topological polar surface area (TPSA) is 103 Å². The smallest absolute Gasteiger partial charge is 0.258 e. The van der Waals surface area contributed by atoms with Gasteiger partial charge in [-0.05, 0) is 54.4 Å². The zero-order chi connectivity index (χ0) is 24.7. The third-order valence-electron chi connectivity index (χ3n) is 5.00. The Morgan fingerprint density at radius 2 is 1.56 bits per heavy atom. The van der Waals surface area contributed by atoms with E-state index in [-0.39, 0.29) is 28.4 Å². The molecule has 0 fully saturated rings. The molecule has 0 radical (unpaired) electrons. The first-order valence-electron chi connectivity index (χ1n) is 10.2. The fourth-order valence-electron chi connectivity index (χ4n) is 3.24. The molecule has 0 saturated heterocycles. The Bertz CT molecular complexity index is 1280. The van der Waals surface area contributed by atoms with Crippen LogP contribution in [-0.4, -0.2) is 42.2 Å². The van der Waals surface area contributed by atoms with E-state index in [1.807, 2.05) is 6.07 Å². The first-order chi connectivity index (χ1) is 16.3. The lowest BCUT2D eigenvalue weighted by Gasteiger charge is -2.14. The summed E-state index contributed by atoms with van der Waals surface area (Å²) in [6.45, 7) is 0.126. The predicted octanol–water partition coefficient (Wildman–Crippen LogP) is 3.62. The zero-order valence-corrected chi connectivity index (χ0v) is 19.7. The monoisotopic (exact) mass is 488 g/mol. The summed E-state index contributed by atoms with van der Waals surface area (Å²) in [4.78, 5) is 12.4. The highest BCUT2D eigenvalue weighted by Gasteiger charge is 2.19. The third-order valence-corrected chi connectivity index (χ3v) is 6.46. The van der Waals surface area contributed by atoms with Crippen molar-refractivity contribution in [1.82, 2.24) is 4.72 Å². The maximum atomic E-state index is 14.0. The molecule has 0 aliphatic heterocycles. The molecule has 10 heteroatoms. The molecule has 0 aliphatic rings. The van der Waals surface area contributed by atoms with Crippen LogP contribution in [0.1, 0.15) is 15.9 Å². The van der Waals surface area contributed by atoms with Gasteiger partial charge >= 0.3 is 0 Å². The van der Waals surface area contributed by atoms with Gasteiger partial charge in [0.05, 0.1) is 37.5 Å².